The predicted molar refractivity (Wildman–Crippen MR) is 77.6 cm³/mol. The van der Waals surface area contributed by atoms with Crippen LogP contribution >= 0.6 is 0 Å². The zero-order valence-electron chi connectivity index (χ0n) is 12.1. The molecular weight excluding hydrogens is 252 g/mol. The highest BCUT2D eigenvalue weighted by atomic mass is 16.5. The Morgan fingerprint density at radius 3 is 2.95 bits per heavy atom. The van der Waals surface area contributed by atoms with Gasteiger partial charge in [-0.25, -0.2) is 0 Å². The molecule has 4 nitrogen and oxygen atoms in total. The van der Waals surface area contributed by atoms with Gasteiger partial charge in [0.2, 0.25) is 5.91 Å². The molecule has 0 radical (unpaired) electrons. The highest BCUT2D eigenvalue weighted by molar-refractivity contribution is 5.79. The number of hydrogen-bond donors (Lipinski definition) is 2. The summed E-state index contributed by atoms with van der Waals surface area (Å²) in [5, 5.41) is 6.45. The number of para-hydroxylation sites is 1. The summed E-state index contributed by atoms with van der Waals surface area (Å²) in [6.07, 6.45) is 1.73. The molecule has 1 saturated heterocycles. The Hall–Kier alpha value is -1.55. The van der Waals surface area contributed by atoms with Crippen molar-refractivity contribution in [2.75, 3.05) is 13.1 Å². The fourth-order valence-electron chi connectivity index (χ4n) is 3.10. The van der Waals surface area contributed by atoms with Crippen molar-refractivity contribution in [3.8, 4) is 5.75 Å². The number of hydrogen-bond acceptors (Lipinski definition) is 3. The van der Waals surface area contributed by atoms with Gasteiger partial charge in [0, 0.05) is 18.5 Å². The van der Waals surface area contributed by atoms with Crippen LogP contribution in [0.1, 0.15) is 38.3 Å². The monoisotopic (exact) mass is 274 g/mol. The van der Waals surface area contributed by atoms with Crippen molar-refractivity contribution < 1.29 is 9.53 Å². The highest BCUT2D eigenvalue weighted by Gasteiger charge is 2.35. The Morgan fingerprint density at radius 2 is 2.20 bits per heavy atom. The van der Waals surface area contributed by atoms with E-state index in [0.717, 1.165) is 37.2 Å². The molecule has 20 heavy (non-hydrogen) atoms. The first kappa shape index (κ1) is 13.4. The van der Waals surface area contributed by atoms with E-state index in [2.05, 4.69) is 24.5 Å². The van der Waals surface area contributed by atoms with Gasteiger partial charge in [0.05, 0.1) is 12.0 Å². The minimum absolute atomic E-state index is 0.0445. The molecule has 3 rings (SSSR count). The normalized spacial score (nSPS) is 27.5. The van der Waals surface area contributed by atoms with Gasteiger partial charge in [-0.3, -0.25) is 4.79 Å². The van der Waals surface area contributed by atoms with Gasteiger partial charge < -0.3 is 15.4 Å². The van der Waals surface area contributed by atoms with Crippen molar-refractivity contribution in [1.29, 1.82) is 0 Å². The topological polar surface area (TPSA) is 50.4 Å². The number of carbonyl (C=O) groups is 1. The highest BCUT2D eigenvalue weighted by Crippen LogP contribution is 2.39. The van der Waals surface area contributed by atoms with Gasteiger partial charge in [0.25, 0.3) is 0 Å². The Balaban J connectivity index is 1.80. The molecule has 0 bridgehead atoms. The number of ether oxygens (including phenoxy) is 1. The molecule has 4 heteroatoms. The fourth-order valence-corrected chi connectivity index (χ4v) is 3.10. The minimum Gasteiger partial charge on any atom is -0.487 e. The van der Waals surface area contributed by atoms with E-state index in [1.165, 1.54) is 0 Å². The largest absolute Gasteiger partial charge is 0.487 e. The summed E-state index contributed by atoms with van der Waals surface area (Å²) in [4.78, 5) is 12.3. The minimum atomic E-state index is -0.250. The van der Waals surface area contributed by atoms with Gasteiger partial charge in [-0.05, 0) is 32.9 Å². The van der Waals surface area contributed by atoms with Crippen LogP contribution in [0.25, 0.3) is 0 Å². The number of amides is 1. The summed E-state index contributed by atoms with van der Waals surface area (Å²) in [6.45, 7) is 5.87. The van der Waals surface area contributed by atoms with E-state index < -0.39 is 0 Å². The molecule has 2 aliphatic rings. The number of benzene rings is 1. The van der Waals surface area contributed by atoms with E-state index in [1.54, 1.807) is 0 Å². The molecule has 0 saturated carbocycles. The Morgan fingerprint density at radius 1 is 1.40 bits per heavy atom. The third-order valence-corrected chi connectivity index (χ3v) is 4.12. The number of fused-ring (bicyclic) bond motifs is 1. The second-order valence-electron chi connectivity index (χ2n) is 6.35. The zero-order chi connectivity index (χ0) is 14.2. The summed E-state index contributed by atoms with van der Waals surface area (Å²) < 4.78 is 5.99. The first-order valence-electron chi connectivity index (χ1n) is 7.34. The first-order chi connectivity index (χ1) is 9.55. The SMILES string of the molecule is CC1(C)CC(NC(=O)C2CCNC2)c2ccccc2O1. The van der Waals surface area contributed by atoms with Crippen LogP contribution in [0.3, 0.4) is 0 Å². The number of carbonyl (C=O) groups excluding carboxylic acids is 1. The second kappa shape index (κ2) is 5.09. The van der Waals surface area contributed by atoms with Crippen LogP contribution in [0.5, 0.6) is 5.75 Å². The van der Waals surface area contributed by atoms with Gasteiger partial charge >= 0.3 is 0 Å². The summed E-state index contributed by atoms with van der Waals surface area (Å²) in [5.74, 6) is 1.15. The van der Waals surface area contributed by atoms with Crippen LogP contribution in [0.2, 0.25) is 0 Å². The van der Waals surface area contributed by atoms with Crippen LogP contribution in [0, 0.1) is 5.92 Å². The van der Waals surface area contributed by atoms with Gasteiger partial charge in [-0.2, -0.15) is 0 Å². The Bertz CT molecular complexity index is 507. The van der Waals surface area contributed by atoms with E-state index in [-0.39, 0.29) is 23.5 Å². The van der Waals surface area contributed by atoms with Crippen molar-refractivity contribution in [1.82, 2.24) is 10.6 Å². The van der Waals surface area contributed by atoms with E-state index in [1.807, 2.05) is 24.3 Å². The van der Waals surface area contributed by atoms with Crippen LogP contribution in [-0.4, -0.2) is 24.6 Å². The van der Waals surface area contributed by atoms with Gasteiger partial charge in [-0.15, -0.1) is 0 Å². The van der Waals surface area contributed by atoms with Crippen molar-refractivity contribution >= 4 is 5.91 Å². The lowest BCUT2D eigenvalue weighted by Crippen LogP contribution is -2.43. The lowest BCUT2D eigenvalue weighted by Gasteiger charge is -2.38. The summed E-state index contributed by atoms with van der Waals surface area (Å²) in [6, 6.07) is 8.04. The van der Waals surface area contributed by atoms with Crippen LogP contribution in [0.15, 0.2) is 24.3 Å². The summed E-state index contributed by atoms with van der Waals surface area (Å²) >= 11 is 0. The van der Waals surface area contributed by atoms with Crippen LogP contribution < -0.4 is 15.4 Å². The van der Waals surface area contributed by atoms with E-state index in [0.29, 0.717) is 0 Å². The average Bonchev–Trinajstić information content (AvgIpc) is 2.91. The Labute approximate surface area is 119 Å². The maximum atomic E-state index is 12.3. The smallest absolute Gasteiger partial charge is 0.224 e. The third kappa shape index (κ3) is 2.66. The van der Waals surface area contributed by atoms with Crippen molar-refractivity contribution in [2.45, 2.75) is 38.3 Å². The molecule has 2 heterocycles. The molecule has 1 aromatic rings. The number of nitrogens with one attached hydrogen (secondary N) is 2. The maximum absolute atomic E-state index is 12.3. The van der Waals surface area contributed by atoms with Gasteiger partial charge in [0.15, 0.2) is 0 Å². The fraction of sp³-hybridized carbons (Fsp3) is 0.562. The lowest BCUT2D eigenvalue weighted by atomic mass is 9.89. The molecule has 1 aromatic carbocycles. The molecule has 0 aliphatic carbocycles. The first-order valence-corrected chi connectivity index (χ1v) is 7.34. The van der Waals surface area contributed by atoms with E-state index in [4.69, 9.17) is 4.74 Å². The predicted octanol–water partition coefficient (Wildman–Crippen LogP) is 2.01. The average molecular weight is 274 g/mol. The van der Waals surface area contributed by atoms with Crippen molar-refractivity contribution in [3.05, 3.63) is 29.8 Å². The molecule has 2 unspecified atom stereocenters. The molecule has 1 amide bonds. The van der Waals surface area contributed by atoms with E-state index in [9.17, 15) is 4.79 Å². The molecule has 108 valence electrons. The molecule has 2 N–H and O–H groups in total. The standard InChI is InChI=1S/C16H22N2O2/c1-16(2)9-13(12-5-3-4-6-14(12)20-16)18-15(19)11-7-8-17-10-11/h3-6,11,13,17H,7-10H2,1-2H3,(H,18,19). The Kier molecular flexibility index (Phi) is 3.42. The summed E-state index contributed by atoms with van der Waals surface area (Å²) in [5.41, 5.74) is 0.839. The summed E-state index contributed by atoms with van der Waals surface area (Å²) in [7, 11) is 0. The van der Waals surface area contributed by atoms with Crippen LogP contribution in [-0.2, 0) is 4.79 Å². The molecule has 0 spiro atoms. The van der Waals surface area contributed by atoms with Crippen molar-refractivity contribution in [3.63, 3.8) is 0 Å². The quantitative estimate of drug-likeness (QED) is 0.867. The van der Waals surface area contributed by atoms with Gasteiger partial charge in [-0.1, -0.05) is 18.2 Å². The van der Waals surface area contributed by atoms with Crippen molar-refractivity contribution in [2.24, 2.45) is 5.92 Å². The maximum Gasteiger partial charge on any atom is 0.224 e. The van der Waals surface area contributed by atoms with E-state index >= 15 is 0 Å². The third-order valence-electron chi connectivity index (χ3n) is 4.12. The second-order valence-corrected chi connectivity index (χ2v) is 6.35. The molecule has 2 aliphatic heterocycles. The molecule has 1 fully saturated rings. The molecule has 0 aromatic heterocycles. The molecule has 2 atom stereocenters. The van der Waals surface area contributed by atoms with Gasteiger partial charge in [0.1, 0.15) is 11.4 Å². The molecular formula is C16H22N2O2. The zero-order valence-corrected chi connectivity index (χ0v) is 12.1. The number of rotatable bonds is 2. The van der Waals surface area contributed by atoms with Crippen LogP contribution in [0.4, 0.5) is 0 Å². The lowest BCUT2D eigenvalue weighted by molar-refractivity contribution is -0.125.